The molecule has 0 spiro atoms. The number of amidine groups is 1. The summed E-state index contributed by atoms with van der Waals surface area (Å²) in [5.74, 6) is -0.153. The molecule has 3 aliphatic rings. The van der Waals surface area contributed by atoms with Gasteiger partial charge in [-0.2, -0.15) is 0 Å². The predicted octanol–water partition coefficient (Wildman–Crippen LogP) is 0.909. The van der Waals surface area contributed by atoms with Crippen LogP contribution in [0.4, 0.5) is 0 Å². The van der Waals surface area contributed by atoms with Gasteiger partial charge in [-0.1, -0.05) is 0 Å². The predicted molar refractivity (Wildman–Crippen MR) is 83.6 cm³/mol. The first-order valence-corrected chi connectivity index (χ1v) is 16.0. The summed E-state index contributed by atoms with van der Waals surface area (Å²) in [6.45, 7) is 2.00. The van der Waals surface area contributed by atoms with E-state index in [0.717, 1.165) is 0 Å². The van der Waals surface area contributed by atoms with Crippen LogP contribution >= 0.6 is 7.52 Å². The molecule has 0 radical (unpaired) electrons. The zero-order valence-electron chi connectivity index (χ0n) is 13.1. The molecule has 0 saturated heterocycles. The molecule has 0 aromatic heterocycles. The van der Waals surface area contributed by atoms with Gasteiger partial charge >= 0.3 is 207 Å². The summed E-state index contributed by atoms with van der Waals surface area (Å²) >= 11 is -0.155. The van der Waals surface area contributed by atoms with Crippen molar-refractivity contribution < 1.29 is 61.8 Å². The first kappa shape index (κ1) is 19.1. The molecule has 2 aliphatic heterocycles. The molecule has 23 heavy (non-hydrogen) atoms. The van der Waals surface area contributed by atoms with E-state index >= 15 is 0 Å². The number of rotatable bonds is 3. The van der Waals surface area contributed by atoms with Gasteiger partial charge in [-0.05, 0) is 0 Å². The van der Waals surface area contributed by atoms with Crippen LogP contribution in [-0.4, -0.2) is 90.6 Å². The van der Waals surface area contributed by atoms with Crippen LogP contribution in [0.1, 0.15) is 6.92 Å². The van der Waals surface area contributed by atoms with E-state index in [4.69, 9.17) is 4.52 Å². The van der Waals surface area contributed by atoms with Crippen molar-refractivity contribution in [3.8, 4) is 0 Å². The molecule has 0 bridgehead atoms. The second kappa shape index (κ2) is 7.50. The average Bonchev–Trinajstić information content (AvgIpc) is 2.71. The van der Waals surface area contributed by atoms with Crippen molar-refractivity contribution in [2.75, 3.05) is 6.61 Å². The number of carbonyl (C=O) groups excluding carboxylic acids is 1. The molecular weight excluding hydrogens is 605 g/mol. The summed E-state index contributed by atoms with van der Waals surface area (Å²) in [6, 6.07) is 0. The zero-order chi connectivity index (χ0) is 16.8. The Labute approximate surface area is 203 Å². The Hall–Kier alpha value is 1.29. The number of aliphatic hydroxyl groups is 1. The van der Waals surface area contributed by atoms with Crippen molar-refractivity contribution in [1.29, 1.82) is 0 Å². The third kappa shape index (κ3) is 3.45. The number of nitrogens with zero attached hydrogens (tertiary/aromatic N) is 3. The third-order valence-electron chi connectivity index (χ3n) is 4.10. The Morgan fingerprint density at radius 1 is 1.52 bits per heavy atom. The first-order valence-electron chi connectivity index (χ1n) is 7.37. The number of fused-ring (bicyclic) bond motifs is 1. The van der Waals surface area contributed by atoms with Gasteiger partial charge in [-0.15, -0.1) is 0 Å². The van der Waals surface area contributed by atoms with Crippen LogP contribution in [0, 0.1) is 42.8 Å². The fourth-order valence-electron chi connectivity index (χ4n) is 2.70. The van der Waals surface area contributed by atoms with E-state index in [1.165, 1.54) is 0 Å². The Balaban J connectivity index is 2.13. The Kier molecular flexibility index (Phi) is 6.21. The minimum atomic E-state index is -3.41. The van der Waals surface area contributed by atoms with E-state index < -0.39 is 13.2 Å². The van der Waals surface area contributed by atoms with Gasteiger partial charge in [0.25, 0.3) is 0 Å². The molecule has 3 rings (SSSR count). The summed E-state index contributed by atoms with van der Waals surface area (Å²) < 4.78 is 24.4. The Bertz CT molecular complexity index is 773. The van der Waals surface area contributed by atoms with Gasteiger partial charge < -0.3 is 0 Å². The number of aliphatic hydroxyl groups excluding tert-OH is 1. The van der Waals surface area contributed by atoms with Crippen LogP contribution in [0.5, 0.6) is 0 Å². The molecule has 10 heteroatoms. The van der Waals surface area contributed by atoms with Crippen molar-refractivity contribution in [2.24, 2.45) is 9.76 Å². The Morgan fingerprint density at radius 2 is 2.26 bits per heavy atom. The van der Waals surface area contributed by atoms with Crippen molar-refractivity contribution in [3.63, 3.8) is 0 Å². The SMILES string of the molecule is CCOP1(=O)N=C(C2=C(O)[CH]([RaH])[N]([Rb])C2=O)N=C2C=CC=CC21. The van der Waals surface area contributed by atoms with E-state index in [-0.39, 0.29) is 130 Å². The summed E-state index contributed by atoms with van der Waals surface area (Å²) in [5, 5.41) is 10.3. The van der Waals surface area contributed by atoms with Crippen LogP contribution in [0.15, 0.2) is 45.4 Å². The molecule has 2 heterocycles. The molecule has 1 aliphatic carbocycles. The van der Waals surface area contributed by atoms with Crippen LogP contribution in [0.25, 0.3) is 0 Å². The van der Waals surface area contributed by atoms with Crippen molar-refractivity contribution in [3.05, 3.63) is 35.6 Å². The van der Waals surface area contributed by atoms with E-state index in [9.17, 15) is 14.5 Å². The Morgan fingerprint density at radius 3 is 2.87 bits per heavy atom. The number of aliphatic imine (C=N–C) groups is 1. The van der Waals surface area contributed by atoms with Gasteiger partial charge in [0.2, 0.25) is 0 Å². The summed E-state index contributed by atoms with van der Waals surface area (Å²) in [6.07, 6.45) is 7.08. The van der Waals surface area contributed by atoms with Gasteiger partial charge in [0.05, 0.1) is 0 Å². The molecule has 1 N–H and O–H groups in total. The fourth-order valence-corrected chi connectivity index (χ4v) is 7.92. The van der Waals surface area contributed by atoms with Gasteiger partial charge in [0.1, 0.15) is 0 Å². The second-order valence-corrected chi connectivity index (χ2v) is 14.5. The van der Waals surface area contributed by atoms with Crippen LogP contribution < -0.4 is 0 Å². The van der Waals surface area contributed by atoms with Gasteiger partial charge in [-0.3, -0.25) is 0 Å². The number of hydrogen-bond acceptors (Lipinski definition) is 5. The second-order valence-electron chi connectivity index (χ2n) is 5.48. The van der Waals surface area contributed by atoms with Crippen LogP contribution in [0.2, 0.25) is 0 Å². The van der Waals surface area contributed by atoms with Gasteiger partial charge in [0.15, 0.2) is 0 Å². The number of amides is 1. The fraction of sp³-hybridized carbons (Fsp3) is 0.308. The molecular formula is C13H13N3O4PRaRb. The number of allylic oxidation sites excluding steroid dienone is 4. The molecule has 0 fully saturated rings. The maximum atomic E-state index is 13.2. The van der Waals surface area contributed by atoms with Gasteiger partial charge in [0, 0.05) is 0 Å². The average molecular weight is 618 g/mol. The van der Waals surface area contributed by atoms with Crippen molar-refractivity contribution in [1.82, 2.24) is -1.36 Å². The number of carbonyl (C=O) groups is 1. The van der Waals surface area contributed by atoms with Crippen molar-refractivity contribution >= 4 is 81.0 Å². The van der Waals surface area contributed by atoms with Gasteiger partial charge in [-0.25, -0.2) is 0 Å². The van der Waals surface area contributed by atoms with E-state index in [0.29, 0.717) is 5.71 Å². The van der Waals surface area contributed by atoms with E-state index in [2.05, 4.69) is 9.76 Å². The van der Waals surface area contributed by atoms with Crippen LogP contribution in [-0.2, 0) is 13.9 Å². The summed E-state index contributed by atoms with van der Waals surface area (Å²) in [5.41, 5.74) is 0.135. The van der Waals surface area contributed by atoms with Crippen LogP contribution in [0.3, 0.4) is 0 Å². The normalized spacial score (nSPS) is 33.0. The monoisotopic (exact) mass is 617 g/mol. The third-order valence-corrected chi connectivity index (χ3v) is 25.1. The molecule has 0 aromatic rings. The van der Waals surface area contributed by atoms with Crippen molar-refractivity contribution in [2.45, 2.75) is 13.7 Å². The molecule has 0 aromatic carbocycles. The summed E-state index contributed by atoms with van der Waals surface area (Å²) in [4.78, 5) is 16.8. The summed E-state index contributed by atoms with van der Waals surface area (Å²) in [7, 11) is -3.41. The molecule has 1 amide bonds. The van der Waals surface area contributed by atoms with E-state index in [1.54, 1.807) is 29.9 Å². The molecule has 3 unspecified atom stereocenters. The molecule has 112 valence electrons. The molecule has 7 nitrogen and oxygen atoms in total. The molecule has 0 saturated carbocycles. The topological polar surface area (TPSA) is 91.6 Å². The maximum absolute atomic E-state index is 13.2. The number of hydrogen-bond donors (Lipinski definition) is 1. The van der Waals surface area contributed by atoms with E-state index in [1.807, 2.05) is 0 Å². The first-order chi connectivity index (χ1) is 10.9. The minimum absolute atomic E-state index is 0.0410. The standard InChI is InChI=1S/C13H12N3O4P.Ra.Rb.H/c1-2-20-21(19)10-6-4-3-5-8(10)15-12(16-21)11-9(17)7-14-13(11)18;;;/h3-7,10H,2H2,1H3,(H-,14,16,17,18,19);;;/q-1;;+1;. The quantitative estimate of drug-likeness (QED) is 0.477. The molecule has 3 atom stereocenters. The zero-order valence-corrected chi connectivity index (χ0v) is 27.2.